The third kappa shape index (κ3) is 8.86. The van der Waals surface area contributed by atoms with Gasteiger partial charge in [-0.1, -0.05) is 48.0 Å². The Morgan fingerprint density at radius 2 is 1.38 bits per heavy atom. The van der Waals surface area contributed by atoms with E-state index < -0.39 is 23.0 Å². The molecule has 4 amide bonds. The van der Waals surface area contributed by atoms with Gasteiger partial charge in [0.1, 0.15) is 17.2 Å². The second-order valence-electron chi connectivity index (χ2n) is 10.6. The number of hydrogen-bond donors (Lipinski definition) is 4. The number of benzene rings is 4. The van der Waals surface area contributed by atoms with Crippen molar-refractivity contribution in [2.45, 2.75) is 24.0 Å². The molecule has 1 atom stereocenters. The van der Waals surface area contributed by atoms with Gasteiger partial charge in [0, 0.05) is 39.0 Å². The Morgan fingerprint density at radius 1 is 0.745 bits per heavy atom. The number of amides is 4. The summed E-state index contributed by atoms with van der Waals surface area (Å²) in [6.07, 6.45) is 1.49. The smallest absolute Gasteiger partial charge is 0.272 e. The third-order valence-electron chi connectivity index (χ3n) is 7.01. The lowest BCUT2D eigenvalue weighted by atomic mass is 10.1. The van der Waals surface area contributed by atoms with Crippen LogP contribution >= 0.6 is 11.8 Å². The number of carbonyl (C=O) groups excluding carboxylic acids is 4. The van der Waals surface area contributed by atoms with Crippen LogP contribution in [0, 0.1) is 6.92 Å². The van der Waals surface area contributed by atoms with E-state index in [1.54, 1.807) is 91.9 Å². The maximum atomic E-state index is 13.5. The predicted molar refractivity (Wildman–Crippen MR) is 185 cm³/mol. The van der Waals surface area contributed by atoms with Crippen molar-refractivity contribution in [1.29, 1.82) is 0 Å². The van der Waals surface area contributed by atoms with Crippen LogP contribution in [0.3, 0.4) is 0 Å². The van der Waals surface area contributed by atoms with E-state index in [0.717, 1.165) is 16.0 Å². The minimum atomic E-state index is -0.543. The van der Waals surface area contributed by atoms with Crippen LogP contribution in [0.25, 0.3) is 17.4 Å². The minimum Gasteiger partial charge on any atom is -0.457 e. The van der Waals surface area contributed by atoms with Crippen LogP contribution in [-0.4, -0.2) is 28.9 Å². The summed E-state index contributed by atoms with van der Waals surface area (Å²) in [6.45, 7) is 3.78. The highest BCUT2D eigenvalue weighted by Crippen LogP contribution is 2.27. The maximum absolute atomic E-state index is 13.5. The van der Waals surface area contributed by atoms with E-state index >= 15 is 0 Å². The molecule has 5 rings (SSSR count). The highest BCUT2D eigenvalue weighted by Gasteiger charge is 2.18. The van der Waals surface area contributed by atoms with E-state index in [9.17, 15) is 19.2 Å². The van der Waals surface area contributed by atoms with Crippen molar-refractivity contribution in [3.05, 3.63) is 143 Å². The van der Waals surface area contributed by atoms with E-state index in [1.807, 2.05) is 37.3 Å². The van der Waals surface area contributed by atoms with E-state index in [-0.39, 0.29) is 11.6 Å². The SMILES string of the molecule is Cc1ccc(-c2ccc(C=C(NC(=O)c3ccccc3)C(=O)Nc3ccc(SC(C)C(=O)Nc4ccc(C(N)=O)cc4)cc3)o2)cc1. The Labute approximate surface area is 276 Å². The standard InChI is InChI=1S/C37H32N4O5S/c1-23-8-10-25(11-9-23)33-21-18-30(46-33)22-32(41-36(44)27-6-4-3-5-7-27)37(45)40-29-16-19-31(20-17-29)47-24(2)35(43)39-28-14-12-26(13-15-28)34(38)42/h3-22,24H,1-2H3,(H2,38,42)(H,39,43)(H,40,45)(H,41,44). The monoisotopic (exact) mass is 644 g/mol. The first kappa shape index (κ1) is 32.5. The molecule has 1 unspecified atom stereocenters. The summed E-state index contributed by atoms with van der Waals surface area (Å²) < 4.78 is 5.99. The molecule has 9 nitrogen and oxygen atoms in total. The molecule has 10 heteroatoms. The van der Waals surface area contributed by atoms with E-state index in [0.29, 0.717) is 34.0 Å². The van der Waals surface area contributed by atoms with Gasteiger partial charge in [0.25, 0.3) is 11.8 Å². The molecule has 0 bridgehead atoms. The molecule has 0 fully saturated rings. The Morgan fingerprint density at radius 3 is 2.04 bits per heavy atom. The molecule has 47 heavy (non-hydrogen) atoms. The van der Waals surface area contributed by atoms with E-state index in [4.69, 9.17) is 10.2 Å². The zero-order chi connectivity index (χ0) is 33.3. The largest absolute Gasteiger partial charge is 0.457 e. The molecule has 0 aliphatic carbocycles. The van der Waals surface area contributed by atoms with Crippen molar-refractivity contribution in [3.8, 4) is 11.3 Å². The molecule has 0 radical (unpaired) electrons. The first-order chi connectivity index (χ1) is 22.6. The van der Waals surface area contributed by atoms with Crippen molar-refractivity contribution in [1.82, 2.24) is 5.32 Å². The van der Waals surface area contributed by atoms with Crippen LogP contribution < -0.4 is 21.7 Å². The van der Waals surface area contributed by atoms with Crippen LogP contribution in [0.1, 0.15) is 39.0 Å². The highest BCUT2D eigenvalue weighted by molar-refractivity contribution is 8.00. The summed E-state index contributed by atoms with van der Waals surface area (Å²) >= 11 is 1.34. The molecule has 5 aromatic rings. The van der Waals surface area contributed by atoms with Crippen LogP contribution in [0.2, 0.25) is 0 Å². The predicted octanol–water partition coefficient (Wildman–Crippen LogP) is 6.88. The molecule has 0 saturated heterocycles. The Bertz CT molecular complexity index is 1920. The Hall–Kier alpha value is -5.87. The number of furan rings is 1. The van der Waals surface area contributed by atoms with Gasteiger partial charge >= 0.3 is 0 Å². The average Bonchev–Trinajstić information content (AvgIpc) is 3.54. The van der Waals surface area contributed by atoms with Crippen molar-refractivity contribution < 1.29 is 23.6 Å². The van der Waals surface area contributed by atoms with Crippen LogP contribution in [0.4, 0.5) is 11.4 Å². The molecular weight excluding hydrogens is 612 g/mol. The molecule has 4 aromatic carbocycles. The number of rotatable bonds is 11. The van der Waals surface area contributed by atoms with Gasteiger partial charge in [0.15, 0.2) is 0 Å². The van der Waals surface area contributed by atoms with Gasteiger partial charge in [0.05, 0.1) is 5.25 Å². The first-order valence-corrected chi connectivity index (χ1v) is 15.6. The lowest BCUT2D eigenvalue weighted by Gasteiger charge is -2.13. The van der Waals surface area contributed by atoms with Crippen molar-refractivity contribution in [2.24, 2.45) is 5.73 Å². The zero-order valence-corrected chi connectivity index (χ0v) is 26.5. The normalized spacial score (nSPS) is 11.7. The summed E-state index contributed by atoms with van der Waals surface area (Å²) in [7, 11) is 0. The van der Waals surface area contributed by atoms with E-state index in [2.05, 4.69) is 16.0 Å². The maximum Gasteiger partial charge on any atom is 0.272 e. The fraction of sp³-hybridized carbons (Fsp3) is 0.0811. The summed E-state index contributed by atoms with van der Waals surface area (Å²) in [5.74, 6) is -0.727. The molecule has 236 valence electrons. The highest BCUT2D eigenvalue weighted by atomic mass is 32.2. The minimum absolute atomic E-state index is 0.00346. The molecule has 0 aliphatic rings. The summed E-state index contributed by atoms with van der Waals surface area (Å²) in [6, 6.07) is 33.4. The summed E-state index contributed by atoms with van der Waals surface area (Å²) in [5.41, 5.74) is 9.07. The van der Waals surface area contributed by atoms with Gasteiger partial charge in [-0.3, -0.25) is 19.2 Å². The lowest BCUT2D eigenvalue weighted by molar-refractivity contribution is -0.115. The topological polar surface area (TPSA) is 144 Å². The zero-order valence-electron chi connectivity index (χ0n) is 25.7. The molecular formula is C37H32N4O5S. The fourth-order valence-corrected chi connectivity index (χ4v) is 5.29. The molecule has 1 aromatic heterocycles. The van der Waals surface area contributed by atoms with Crippen LogP contribution in [-0.2, 0) is 9.59 Å². The third-order valence-corrected chi connectivity index (χ3v) is 8.12. The second kappa shape index (κ2) is 14.9. The van der Waals surface area contributed by atoms with Crippen LogP contribution in [0.5, 0.6) is 0 Å². The molecule has 0 aliphatic heterocycles. The van der Waals surface area contributed by atoms with E-state index in [1.165, 1.54) is 17.8 Å². The number of aryl methyl sites for hydroxylation is 1. The lowest BCUT2D eigenvalue weighted by Crippen LogP contribution is -2.30. The number of primary amides is 1. The Balaban J connectivity index is 1.26. The van der Waals surface area contributed by atoms with Crippen LogP contribution in [0.15, 0.2) is 130 Å². The first-order valence-electron chi connectivity index (χ1n) is 14.7. The van der Waals surface area contributed by atoms with Gasteiger partial charge < -0.3 is 26.1 Å². The number of nitrogens with two attached hydrogens (primary N) is 1. The number of carbonyl (C=O) groups is 4. The van der Waals surface area contributed by atoms with Crippen molar-refractivity contribution in [2.75, 3.05) is 10.6 Å². The average molecular weight is 645 g/mol. The van der Waals surface area contributed by atoms with Crippen molar-refractivity contribution in [3.63, 3.8) is 0 Å². The molecule has 0 saturated carbocycles. The quantitative estimate of drug-likeness (QED) is 0.0912. The second-order valence-corrected chi connectivity index (χ2v) is 12.0. The summed E-state index contributed by atoms with van der Waals surface area (Å²) in [4.78, 5) is 51.3. The van der Waals surface area contributed by atoms with Gasteiger partial charge in [-0.15, -0.1) is 11.8 Å². The van der Waals surface area contributed by atoms with Gasteiger partial charge in [-0.2, -0.15) is 0 Å². The molecule has 5 N–H and O–H groups in total. The fourth-order valence-electron chi connectivity index (χ4n) is 4.42. The summed E-state index contributed by atoms with van der Waals surface area (Å²) in [5, 5.41) is 7.93. The van der Waals surface area contributed by atoms with Gasteiger partial charge in [-0.05, 0) is 86.6 Å². The van der Waals surface area contributed by atoms with Gasteiger partial charge in [0.2, 0.25) is 11.8 Å². The van der Waals surface area contributed by atoms with Gasteiger partial charge in [-0.25, -0.2) is 0 Å². The number of anilines is 2. The molecule has 0 spiro atoms. The molecule has 1 heterocycles. The number of thioether (sulfide) groups is 1. The Kier molecular flexibility index (Phi) is 10.3. The van der Waals surface area contributed by atoms with Crippen molar-refractivity contribution >= 4 is 52.8 Å². The number of hydrogen-bond acceptors (Lipinski definition) is 6. The number of nitrogens with one attached hydrogen (secondary N) is 3.